The van der Waals surface area contributed by atoms with Crippen LogP contribution in [0.2, 0.25) is 5.02 Å². The molecule has 134 valence electrons. The number of benzene rings is 2. The molecule has 2 aromatic rings. The Hall–Kier alpha value is -2.32. The van der Waals surface area contributed by atoms with Gasteiger partial charge in [-0.1, -0.05) is 35.6 Å². The molecule has 0 spiro atoms. The standard InChI is InChI=1S/C21H20ClNO3/c1-25-21(24)19-9-8-17(14-20(19)22)5-2-16-3-6-18(7-4-16)15-23-10-12-26-13-11-23/h3-4,6-9,14H,10-13,15H2,1H3. The van der Waals surface area contributed by atoms with E-state index in [1.807, 2.05) is 12.1 Å². The maximum Gasteiger partial charge on any atom is 0.339 e. The molecular weight excluding hydrogens is 350 g/mol. The van der Waals surface area contributed by atoms with Crippen LogP contribution in [0.4, 0.5) is 0 Å². The van der Waals surface area contributed by atoms with Crippen molar-refractivity contribution in [3.63, 3.8) is 0 Å². The number of carbonyl (C=O) groups excluding carboxylic acids is 1. The van der Waals surface area contributed by atoms with Crippen LogP contribution in [0, 0.1) is 11.8 Å². The summed E-state index contributed by atoms with van der Waals surface area (Å²) in [6, 6.07) is 13.3. The molecule has 1 fully saturated rings. The first kappa shape index (κ1) is 18.5. The molecule has 1 heterocycles. The van der Waals surface area contributed by atoms with Gasteiger partial charge in [-0.2, -0.15) is 0 Å². The highest BCUT2D eigenvalue weighted by atomic mass is 35.5. The Morgan fingerprint density at radius 2 is 1.77 bits per heavy atom. The van der Waals surface area contributed by atoms with Gasteiger partial charge in [-0.05, 0) is 35.9 Å². The molecule has 3 rings (SSSR count). The Morgan fingerprint density at radius 3 is 2.42 bits per heavy atom. The Kier molecular flexibility index (Phi) is 6.30. The maximum atomic E-state index is 11.5. The highest BCUT2D eigenvalue weighted by Crippen LogP contribution is 2.18. The number of esters is 1. The van der Waals surface area contributed by atoms with Gasteiger partial charge >= 0.3 is 5.97 Å². The quantitative estimate of drug-likeness (QED) is 0.614. The summed E-state index contributed by atoms with van der Waals surface area (Å²) in [5.41, 5.74) is 3.29. The number of halogens is 1. The van der Waals surface area contributed by atoms with Crippen molar-refractivity contribution in [2.45, 2.75) is 6.54 Å². The molecule has 0 atom stereocenters. The Balaban J connectivity index is 1.66. The van der Waals surface area contributed by atoms with Crippen LogP contribution in [-0.4, -0.2) is 44.3 Å². The summed E-state index contributed by atoms with van der Waals surface area (Å²) in [5.74, 6) is 5.74. The molecule has 0 aromatic heterocycles. The fraction of sp³-hybridized carbons (Fsp3) is 0.286. The zero-order chi connectivity index (χ0) is 18.4. The first-order valence-corrected chi connectivity index (χ1v) is 8.82. The van der Waals surface area contributed by atoms with Crippen LogP contribution >= 0.6 is 11.6 Å². The Labute approximate surface area is 158 Å². The van der Waals surface area contributed by atoms with Crippen LogP contribution in [0.15, 0.2) is 42.5 Å². The normalized spacial score (nSPS) is 14.4. The lowest BCUT2D eigenvalue weighted by Gasteiger charge is -2.26. The second-order valence-electron chi connectivity index (χ2n) is 6.02. The molecule has 1 aliphatic heterocycles. The molecule has 1 aliphatic rings. The van der Waals surface area contributed by atoms with Crippen molar-refractivity contribution in [3.05, 3.63) is 69.7 Å². The van der Waals surface area contributed by atoms with E-state index in [1.165, 1.54) is 12.7 Å². The average Bonchev–Trinajstić information content (AvgIpc) is 2.68. The molecule has 0 bridgehead atoms. The van der Waals surface area contributed by atoms with E-state index in [4.69, 9.17) is 16.3 Å². The summed E-state index contributed by atoms with van der Waals surface area (Å²) in [4.78, 5) is 13.9. The second kappa shape index (κ2) is 8.86. The lowest BCUT2D eigenvalue weighted by Crippen LogP contribution is -2.35. The monoisotopic (exact) mass is 369 g/mol. The number of nitrogens with zero attached hydrogens (tertiary/aromatic N) is 1. The third-order valence-electron chi connectivity index (χ3n) is 4.19. The van der Waals surface area contributed by atoms with Crippen LogP contribution in [-0.2, 0) is 16.0 Å². The van der Waals surface area contributed by atoms with Gasteiger partial charge in [0.2, 0.25) is 0 Å². The molecular formula is C21H20ClNO3. The Morgan fingerprint density at radius 1 is 1.12 bits per heavy atom. The molecule has 5 heteroatoms. The number of methoxy groups -OCH3 is 1. The van der Waals surface area contributed by atoms with Crippen molar-refractivity contribution in [1.29, 1.82) is 0 Å². The Bertz CT molecular complexity index is 831. The fourth-order valence-corrected chi connectivity index (χ4v) is 2.98. The largest absolute Gasteiger partial charge is 0.465 e. The van der Waals surface area contributed by atoms with Crippen molar-refractivity contribution in [2.24, 2.45) is 0 Å². The van der Waals surface area contributed by atoms with Gasteiger partial charge in [-0.15, -0.1) is 0 Å². The van der Waals surface area contributed by atoms with Crippen LogP contribution < -0.4 is 0 Å². The van der Waals surface area contributed by atoms with E-state index in [1.54, 1.807) is 18.2 Å². The molecule has 0 aliphatic carbocycles. The molecule has 0 amide bonds. The van der Waals surface area contributed by atoms with Crippen molar-refractivity contribution in [3.8, 4) is 11.8 Å². The summed E-state index contributed by atoms with van der Waals surface area (Å²) < 4.78 is 10.1. The van der Waals surface area contributed by atoms with Gasteiger partial charge in [-0.3, -0.25) is 4.90 Å². The summed E-state index contributed by atoms with van der Waals surface area (Å²) in [6.45, 7) is 4.50. The third kappa shape index (κ3) is 4.86. The first-order valence-electron chi connectivity index (χ1n) is 8.44. The van der Waals surface area contributed by atoms with Crippen molar-refractivity contribution < 1.29 is 14.3 Å². The molecule has 1 saturated heterocycles. The predicted octanol–water partition coefficient (Wildman–Crippen LogP) is 3.36. The second-order valence-corrected chi connectivity index (χ2v) is 6.43. The van der Waals surface area contributed by atoms with Gasteiger partial charge in [0.05, 0.1) is 30.9 Å². The molecule has 0 N–H and O–H groups in total. The number of rotatable bonds is 3. The number of carbonyl (C=O) groups is 1. The van der Waals surface area contributed by atoms with Gasteiger partial charge in [0.25, 0.3) is 0 Å². The van der Waals surface area contributed by atoms with E-state index in [0.717, 1.165) is 44.0 Å². The van der Waals surface area contributed by atoms with E-state index in [2.05, 4.69) is 33.6 Å². The number of hydrogen-bond acceptors (Lipinski definition) is 4. The van der Waals surface area contributed by atoms with Crippen molar-refractivity contribution in [1.82, 2.24) is 4.90 Å². The molecule has 0 saturated carbocycles. The van der Waals surface area contributed by atoms with Gasteiger partial charge in [0.15, 0.2) is 0 Å². The predicted molar refractivity (Wildman–Crippen MR) is 101 cm³/mol. The van der Waals surface area contributed by atoms with Crippen LogP contribution in [0.25, 0.3) is 0 Å². The van der Waals surface area contributed by atoms with Gasteiger partial charge < -0.3 is 9.47 Å². The molecule has 4 nitrogen and oxygen atoms in total. The molecule has 26 heavy (non-hydrogen) atoms. The SMILES string of the molecule is COC(=O)c1ccc(C#Cc2ccc(CN3CCOCC3)cc2)cc1Cl. The summed E-state index contributed by atoms with van der Waals surface area (Å²) in [7, 11) is 1.33. The molecule has 0 radical (unpaired) electrons. The van der Waals surface area contributed by atoms with Crippen molar-refractivity contribution in [2.75, 3.05) is 33.4 Å². The van der Waals surface area contributed by atoms with E-state index in [9.17, 15) is 4.79 Å². The average molecular weight is 370 g/mol. The maximum absolute atomic E-state index is 11.5. The van der Waals surface area contributed by atoms with Crippen LogP contribution in [0.3, 0.4) is 0 Å². The lowest BCUT2D eigenvalue weighted by molar-refractivity contribution is 0.0342. The fourth-order valence-electron chi connectivity index (χ4n) is 2.72. The zero-order valence-electron chi connectivity index (χ0n) is 14.6. The molecule has 0 unspecified atom stereocenters. The van der Waals surface area contributed by atoms with E-state index >= 15 is 0 Å². The molecule has 2 aromatic carbocycles. The summed E-state index contributed by atoms with van der Waals surface area (Å²) in [6.07, 6.45) is 0. The van der Waals surface area contributed by atoms with E-state index < -0.39 is 5.97 Å². The summed E-state index contributed by atoms with van der Waals surface area (Å²) in [5, 5.41) is 0.338. The minimum absolute atomic E-state index is 0.338. The third-order valence-corrected chi connectivity index (χ3v) is 4.50. The van der Waals surface area contributed by atoms with E-state index in [0.29, 0.717) is 10.6 Å². The van der Waals surface area contributed by atoms with Gasteiger partial charge in [0, 0.05) is 30.8 Å². The zero-order valence-corrected chi connectivity index (χ0v) is 15.4. The number of ether oxygens (including phenoxy) is 2. The number of morpholine rings is 1. The van der Waals surface area contributed by atoms with E-state index in [-0.39, 0.29) is 0 Å². The highest BCUT2D eigenvalue weighted by Gasteiger charge is 2.11. The van der Waals surface area contributed by atoms with Crippen LogP contribution in [0.1, 0.15) is 27.0 Å². The lowest BCUT2D eigenvalue weighted by atomic mass is 10.1. The first-order chi connectivity index (χ1) is 12.7. The topological polar surface area (TPSA) is 38.8 Å². The van der Waals surface area contributed by atoms with Crippen LogP contribution in [0.5, 0.6) is 0 Å². The minimum Gasteiger partial charge on any atom is -0.465 e. The minimum atomic E-state index is -0.453. The number of hydrogen-bond donors (Lipinski definition) is 0. The van der Waals surface area contributed by atoms with Gasteiger partial charge in [-0.25, -0.2) is 4.79 Å². The van der Waals surface area contributed by atoms with Gasteiger partial charge in [0.1, 0.15) is 0 Å². The summed E-state index contributed by atoms with van der Waals surface area (Å²) >= 11 is 6.12. The highest BCUT2D eigenvalue weighted by molar-refractivity contribution is 6.33. The smallest absolute Gasteiger partial charge is 0.339 e. The van der Waals surface area contributed by atoms with Crippen molar-refractivity contribution >= 4 is 17.6 Å².